The molecule has 0 atom stereocenters. The van der Waals surface area contributed by atoms with Gasteiger partial charge in [-0.05, 0) is 30.9 Å². The van der Waals surface area contributed by atoms with Gasteiger partial charge in [-0.15, -0.1) is 11.3 Å². The number of thiophene rings is 1. The molecule has 0 fully saturated rings. The van der Waals surface area contributed by atoms with Crippen molar-refractivity contribution in [2.75, 3.05) is 6.61 Å². The standard InChI is InChI=1S/C12H14O2S/c1-4-9(3)11(12(13)14-5-2)10-7-6-8-15-10/h4,6-8H,1,5H2,2-3H3/b11-9+. The summed E-state index contributed by atoms with van der Waals surface area (Å²) >= 11 is 1.52. The zero-order valence-corrected chi connectivity index (χ0v) is 9.76. The van der Waals surface area contributed by atoms with E-state index in [-0.39, 0.29) is 5.97 Å². The van der Waals surface area contributed by atoms with Gasteiger partial charge in [0.1, 0.15) is 0 Å². The average Bonchev–Trinajstić information content (AvgIpc) is 2.71. The summed E-state index contributed by atoms with van der Waals surface area (Å²) < 4.78 is 5.01. The maximum absolute atomic E-state index is 11.7. The minimum absolute atomic E-state index is 0.280. The zero-order valence-electron chi connectivity index (χ0n) is 8.95. The van der Waals surface area contributed by atoms with Crippen molar-refractivity contribution < 1.29 is 9.53 Å². The van der Waals surface area contributed by atoms with Crippen LogP contribution >= 0.6 is 11.3 Å². The van der Waals surface area contributed by atoms with Crippen LogP contribution in [0.3, 0.4) is 0 Å². The summed E-state index contributed by atoms with van der Waals surface area (Å²) in [5.41, 5.74) is 1.46. The van der Waals surface area contributed by atoms with Gasteiger partial charge in [0.25, 0.3) is 0 Å². The van der Waals surface area contributed by atoms with Gasteiger partial charge in [0.15, 0.2) is 0 Å². The van der Waals surface area contributed by atoms with Gasteiger partial charge in [0.2, 0.25) is 0 Å². The first-order valence-corrected chi connectivity index (χ1v) is 5.63. The SMILES string of the molecule is C=C/C(C)=C(/C(=O)OCC)c1cccs1. The molecule has 2 nitrogen and oxygen atoms in total. The molecule has 80 valence electrons. The molecule has 1 heterocycles. The van der Waals surface area contributed by atoms with Gasteiger partial charge in [-0.3, -0.25) is 0 Å². The minimum Gasteiger partial charge on any atom is -0.462 e. The fourth-order valence-electron chi connectivity index (χ4n) is 1.18. The summed E-state index contributed by atoms with van der Waals surface area (Å²) in [6.45, 7) is 7.72. The number of esters is 1. The lowest BCUT2D eigenvalue weighted by atomic mass is 10.1. The molecule has 1 aromatic rings. The average molecular weight is 222 g/mol. The molecule has 0 amide bonds. The summed E-state index contributed by atoms with van der Waals surface area (Å²) in [4.78, 5) is 12.6. The molecule has 3 heteroatoms. The van der Waals surface area contributed by atoms with E-state index in [1.54, 1.807) is 13.0 Å². The predicted molar refractivity (Wildman–Crippen MR) is 63.7 cm³/mol. The molecule has 0 aromatic carbocycles. The third kappa shape index (κ3) is 2.80. The quantitative estimate of drug-likeness (QED) is 0.444. The molecular weight excluding hydrogens is 208 g/mol. The Morgan fingerprint density at radius 1 is 1.67 bits per heavy atom. The van der Waals surface area contributed by atoms with Crippen LogP contribution in [0.5, 0.6) is 0 Å². The fourth-order valence-corrected chi connectivity index (χ4v) is 2.01. The second kappa shape index (κ2) is 5.51. The van der Waals surface area contributed by atoms with Crippen LogP contribution < -0.4 is 0 Å². The van der Waals surface area contributed by atoms with Crippen molar-refractivity contribution in [3.05, 3.63) is 40.6 Å². The number of ether oxygens (including phenoxy) is 1. The summed E-state index contributed by atoms with van der Waals surface area (Å²) in [6.07, 6.45) is 1.67. The molecule has 0 bridgehead atoms. The fraction of sp³-hybridized carbons (Fsp3) is 0.250. The van der Waals surface area contributed by atoms with Crippen LogP contribution in [0, 0.1) is 0 Å². The first kappa shape index (κ1) is 11.7. The van der Waals surface area contributed by atoms with E-state index in [4.69, 9.17) is 4.74 Å². The molecule has 0 saturated heterocycles. The van der Waals surface area contributed by atoms with Crippen molar-refractivity contribution in [2.45, 2.75) is 13.8 Å². The van der Waals surface area contributed by atoms with Crippen LogP contribution in [0.4, 0.5) is 0 Å². The van der Waals surface area contributed by atoms with Crippen LogP contribution in [-0.2, 0) is 9.53 Å². The van der Waals surface area contributed by atoms with Crippen LogP contribution in [0.1, 0.15) is 18.7 Å². The highest BCUT2D eigenvalue weighted by Gasteiger charge is 2.15. The Balaban J connectivity index is 3.11. The van der Waals surface area contributed by atoms with E-state index in [2.05, 4.69) is 6.58 Å². The van der Waals surface area contributed by atoms with Crippen molar-refractivity contribution in [1.29, 1.82) is 0 Å². The first-order chi connectivity index (χ1) is 7.20. The van der Waals surface area contributed by atoms with E-state index in [9.17, 15) is 4.79 Å². The third-order valence-electron chi connectivity index (χ3n) is 1.95. The largest absolute Gasteiger partial charge is 0.462 e. The number of rotatable bonds is 4. The maximum atomic E-state index is 11.7. The van der Waals surface area contributed by atoms with Crippen LogP contribution in [0.15, 0.2) is 35.7 Å². The van der Waals surface area contributed by atoms with Gasteiger partial charge in [0.05, 0.1) is 12.2 Å². The Morgan fingerprint density at radius 2 is 2.40 bits per heavy atom. The highest BCUT2D eigenvalue weighted by atomic mass is 32.1. The molecule has 0 saturated carbocycles. The van der Waals surface area contributed by atoms with Gasteiger partial charge < -0.3 is 4.74 Å². The van der Waals surface area contributed by atoms with E-state index in [0.717, 1.165) is 10.5 Å². The third-order valence-corrected chi connectivity index (χ3v) is 2.84. The normalized spacial score (nSPS) is 11.9. The summed E-state index contributed by atoms with van der Waals surface area (Å²) in [7, 11) is 0. The van der Waals surface area contributed by atoms with Crippen molar-refractivity contribution in [3.63, 3.8) is 0 Å². The van der Waals surface area contributed by atoms with Gasteiger partial charge >= 0.3 is 5.97 Å². The monoisotopic (exact) mass is 222 g/mol. The maximum Gasteiger partial charge on any atom is 0.339 e. The van der Waals surface area contributed by atoms with Crippen molar-refractivity contribution in [3.8, 4) is 0 Å². The van der Waals surface area contributed by atoms with E-state index in [0.29, 0.717) is 12.2 Å². The molecule has 15 heavy (non-hydrogen) atoms. The Bertz CT molecular complexity index is 374. The zero-order chi connectivity index (χ0) is 11.3. The first-order valence-electron chi connectivity index (χ1n) is 4.75. The second-order valence-corrected chi connectivity index (χ2v) is 3.91. The number of carbonyl (C=O) groups is 1. The van der Waals surface area contributed by atoms with Gasteiger partial charge in [-0.25, -0.2) is 4.79 Å². The molecule has 1 aromatic heterocycles. The Kier molecular flexibility index (Phi) is 4.31. The van der Waals surface area contributed by atoms with E-state index < -0.39 is 0 Å². The molecular formula is C12H14O2S. The Hall–Kier alpha value is -1.35. The number of allylic oxidation sites excluding steroid dienone is 2. The van der Waals surface area contributed by atoms with Crippen LogP contribution in [0.25, 0.3) is 5.57 Å². The predicted octanol–water partition coefficient (Wildman–Crippen LogP) is 3.27. The Labute approximate surface area is 93.9 Å². The molecule has 1 rings (SSSR count). The highest BCUT2D eigenvalue weighted by Crippen LogP contribution is 2.25. The Morgan fingerprint density at radius 3 is 2.87 bits per heavy atom. The van der Waals surface area contributed by atoms with Crippen LogP contribution in [0.2, 0.25) is 0 Å². The van der Waals surface area contributed by atoms with Crippen LogP contribution in [-0.4, -0.2) is 12.6 Å². The molecule has 0 aliphatic carbocycles. The number of hydrogen-bond donors (Lipinski definition) is 0. The van der Waals surface area contributed by atoms with E-state index in [1.807, 2.05) is 24.4 Å². The van der Waals surface area contributed by atoms with Crippen molar-refractivity contribution in [2.24, 2.45) is 0 Å². The molecule has 0 spiro atoms. The second-order valence-electron chi connectivity index (χ2n) is 2.96. The van der Waals surface area contributed by atoms with Gasteiger partial charge in [-0.1, -0.05) is 18.7 Å². The van der Waals surface area contributed by atoms with E-state index in [1.165, 1.54) is 11.3 Å². The van der Waals surface area contributed by atoms with Gasteiger partial charge in [-0.2, -0.15) is 0 Å². The smallest absolute Gasteiger partial charge is 0.339 e. The lowest BCUT2D eigenvalue weighted by molar-refractivity contribution is -0.136. The molecule has 0 N–H and O–H groups in total. The summed E-state index contributed by atoms with van der Waals surface area (Å²) in [5, 5.41) is 1.94. The lowest BCUT2D eigenvalue weighted by Gasteiger charge is -2.06. The molecule has 0 unspecified atom stereocenters. The number of carbonyl (C=O) groups excluding carboxylic acids is 1. The molecule has 0 radical (unpaired) electrons. The van der Waals surface area contributed by atoms with Gasteiger partial charge in [0, 0.05) is 4.88 Å². The topological polar surface area (TPSA) is 26.3 Å². The minimum atomic E-state index is -0.280. The lowest BCUT2D eigenvalue weighted by Crippen LogP contribution is -2.07. The summed E-state index contributed by atoms with van der Waals surface area (Å²) in [5.74, 6) is -0.280. The molecule has 0 aliphatic rings. The highest BCUT2D eigenvalue weighted by molar-refractivity contribution is 7.11. The number of hydrogen-bond acceptors (Lipinski definition) is 3. The van der Waals surface area contributed by atoms with Crippen molar-refractivity contribution in [1.82, 2.24) is 0 Å². The van der Waals surface area contributed by atoms with E-state index >= 15 is 0 Å². The van der Waals surface area contributed by atoms with Crippen molar-refractivity contribution >= 4 is 22.9 Å². The summed E-state index contributed by atoms with van der Waals surface area (Å²) in [6, 6.07) is 3.82. The molecule has 0 aliphatic heterocycles.